The van der Waals surface area contributed by atoms with E-state index in [0.717, 1.165) is 12.0 Å². The minimum Gasteiger partial charge on any atom is -0.314 e. The molecule has 0 unspecified atom stereocenters. The van der Waals surface area contributed by atoms with Gasteiger partial charge in [-0.3, -0.25) is 0 Å². The third-order valence-corrected chi connectivity index (χ3v) is 5.16. The highest BCUT2D eigenvalue weighted by molar-refractivity contribution is 4.82. The molecule has 0 aromatic carbocycles. The first kappa shape index (κ1) is 13.8. The van der Waals surface area contributed by atoms with E-state index < -0.39 is 0 Å². The van der Waals surface area contributed by atoms with Gasteiger partial charge in [0.15, 0.2) is 0 Å². The molecule has 3 rings (SSSR count). The molecule has 0 atom stereocenters. The Morgan fingerprint density at radius 3 is 2.00 bits per heavy atom. The van der Waals surface area contributed by atoms with Gasteiger partial charge in [0.2, 0.25) is 0 Å². The molecule has 2 aliphatic heterocycles. The van der Waals surface area contributed by atoms with E-state index in [9.17, 15) is 0 Å². The third kappa shape index (κ3) is 4.73. The van der Waals surface area contributed by atoms with Crippen molar-refractivity contribution >= 4 is 0 Å². The van der Waals surface area contributed by atoms with Crippen molar-refractivity contribution in [1.82, 2.24) is 15.1 Å². The van der Waals surface area contributed by atoms with Gasteiger partial charge in [0.1, 0.15) is 0 Å². The Labute approximate surface area is 118 Å². The molecule has 2 saturated heterocycles. The summed E-state index contributed by atoms with van der Waals surface area (Å²) in [6.45, 7) is 9.22. The average Bonchev–Trinajstić information content (AvgIpc) is 3.29. The molecule has 1 N–H and O–H groups in total. The molecule has 3 heteroatoms. The molecule has 2 heterocycles. The normalized spacial score (nSPS) is 27.8. The first-order chi connectivity index (χ1) is 9.40. The fourth-order valence-corrected chi connectivity index (χ4v) is 3.48. The maximum atomic E-state index is 3.77. The lowest BCUT2D eigenvalue weighted by Gasteiger charge is -2.34. The summed E-state index contributed by atoms with van der Waals surface area (Å²) in [6.07, 6.45) is 9.98. The summed E-state index contributed by atoms with van der Waals surface area (Å²) in [7, 11) is 0. The van der Waals surface area contributed by atoms with Gasteiger partial charge in [-0.1, -0.05) is 6.42 Å². The summed E-state index contributed by atoms with van der Waals surface area (Å²) in [5.74, 6) is 1.03. The molecule has 19 heavy (non-hydrogen) atoms. The number of hydrogen-bond acceptors (Lipinski definition) is 3. The lowest BCUT2D eigenvalue weighted by atomic mass is 10.0. The van der Waals surface area contributed by atoms with Crippen LogP contribution in [0.5, 0.6) is 0 Å². The molecule has 3 fully saturated rings. The van der Waals surface area contributed by atoms with Crippen LogP contribution >= 0.6 is 0 Å². The van der Waals surface area contributed by atoms with Gasteiger partial charge in [-0.2, -0.15) is 0 Å². The first-order valence-electron chi connectivity index (χ1n) is 8.58. The zero-order valence-electron chi connectivity index (χ0n) is 12.4. The first-order valence-corrected chi connectivity index (χ1v) is 8.58. The SMILES string of the molecule is C1CCN(CCN2CCC(NCC3CC3)CC2)CC1. The number of nitrogens with zero attached hydrogens (tertiary/aromatic N) is 2. The van der Waals surface area contributed by atoms with Crippen molar-refractivity contribution < 1.29 is 0 Å². The molecule has 0 aromatic rings. The van der Waals surface area contributed by atoms with Gasteiger partial charge in [0.25, 0.3) is 0 Å². The molecular weight excluding hydrogens is 234 g/mol. The minimum atomic E-state index is 0.812. The zero-order chi connectivity index (χ0) is 12.9. The summed E-state index contributed by atoms with van der Waals surface area (Å²) >= 11 is 0. The van der Waals surface area contributed by atoms with Crippen LogP contribution in [0, 0.1) is 5.92 Å². The molecule has 110 valence electrons. The van der Waals surface area contributed by atoms with Gasteiger partial charge in [0, 0.05) is 19.1 Å². The summed E-state index contributed by atoms with van der Waals surface area (Å²) in [6, 6.07) is 0.812. The predicted octanol–water partition coefficient (Wildman–Crippen LogP) is 1.94. The summed E-state index contributed by atoms with van der Waals surface area (Å²) in [5, 5.41) is 3.77. The van der Waals surface area contributed by atoms with Gasteiger partial charge >= 0.3 is 0 Å². The van der Waals surface area contributed by atoms with Gasteiger partial charge in [-0.05, 0) is 77.2 Å². The minimum absolute atomic E-state index is 0.812. The van der Waals surface area contributed by atoms with Crippen LogP contribution in [0.4, 0.5) is 0 Å². The van der Waals surface area contributed by atoms with E-state index in [0.29, 0.717) is 0 Å². The second-order valence-electron chi connectivity index (χ2n) is 6.87. The highest BCUT2D eigenvalue weighted by Gasteiger charge is 2.24. The Morgan fingerprint density at radius 2 is 1.37 bits per heavy atom. The van der Waals surface area contributed by atoms with Gasteiger partial charge < -0.3 is 15.1 Å². The number of nitrogens with one attached hydrogen (secondary N) is 1. The van der Waals surface area contributed by atoms with Crippen LogP contribution in [0.1, 0.15) is 44.9 Å². The second kappa shape index (κ2) is 7.05. The molecule has 1 saturated carbocycles. The van der Waals surface area contributed by atoms with Crippen LogP contribution in [0.15, 0.2) is 0 Å². The lowest BCUT2D eigenvalue weighted by Crippen LogP contribution is -2.45. The Morgan fingerprint density at radius 1 is 0.737 bits per heavy atom. The van der Waals surface area contributed by atoms with Crippen LogP contribution in [0.25, 0.3) is 0 Å². The molecule has 0 spiro atoms. The maximum Gasteiger partial charge on any atom is 0.0109 e. The Hall–Kier alpha value is -0.120. The highest BCUT2D eigenvalue weighted by Crippen LogP contribution is 2.28. The Bertz CT molecular complexity index is 251. The summed E-state index contributed by atoms with van der Waals surface area (Å²) in [4.78, 5) is 5.35. The van der Waals surface area contributed by atoms with E-state index in [4.69, 9.17) is 0 Å². The van der Waals surface area contributed by atoms with Crippen LogP contribution in [-0.4, -0.2) is 61.7 Å². The van der Waals surface area contributed by atoms with Crippen molar-refractivity contribution in [2.24, 2.45) is 5.92 Å². The average molecular weight is 265 g/mol. The van der Waals surface area contributed by atoms with Crippen LogP contribution in [0.2, 0.25) is 0 Å². The topological polar surface area (TPSA) is 18.5 Å². The summed E-state index contributed by atoms with van der Waals surface area (Å²) in [5.41, 5.74) is 0. The number of rotatable bonds is 6. The van der Waals surface area contributed by atoms with Crippen LogP contribution in [-0.2, 0) is 0 Å². The molecule has 0 aromatic heterocycles. The van der Waals surface area contributed by atoms with Gasteiger partial charge in [-0.15, -0.1) is 0 Å². The van der Waals surface area contributed by atoms with Gasteiger partial charge in [-0.25, -0.2) is 0 Å². The second-order valence-corrected chi connectivity index (χ2v) is 6.87. The van der Waals surface area contributed by atoms with Crippen molar-refractivity contribution in [2.75, 3.05) is 45.8 Å². The fraction of sp³-hybridized carbons (Fsp3) is 1.00. The van der Waals surface area contributed by atoms with Crippen molar-refractivity contribution in [3.63, 3.8) is 0 Å². The van der Waals surface area contributed by atoms with E-state index in [-0.39, 0.29) is 0 Å². The smallest absolute Gasteiger partial charge is 0.0109 e. The Kier molecular flexibility index (Phi) is 5.14. The van der Waals surface area contributed by atoms with E-state index >= 15 is 0 Å². The summed E-state index contributed by atoms with van der Waals surface area (Å²) < 4.78 is 0. The molecular formula is C16H31N3. The molecule has 0 radical (unpaired) electrons. The molecule has 3 aliphatic rings. The van der Waals surface area contributed by atoms with Crippen molar-refractivity contribution in [2.45, 2.75) is 51.0 Å². The van der Waals surface area contributed by atoms with Crippen molar-refractivity contribution in [3.8, 4) is 0 Å². The molecule has 3 nitrogen and oxygen atoms in total. The predicted molar refractivity (Wildman–Crippen MR) is 80.5 cm³/mol. The van der Waals surface area contributed by atoms with Gasteiger partial charge in [0.05, 0.1) is 0 Å². The molecule has 0 bridgehead atoms. The lowest BCUT2D eigenvalue weighted by molar-refractivity contribution is 0.153. The monoisotopic (exact) mass is 265 g/mol. The molecule has 1 aliphatic carbocycles. The van der Waals surface area contributed by atoms with E-state index in [1.165, 1.54) is 90.8 Å². The van der Waals surface area contributed by atoms with Crippen molar-refractivity contribution in [3.05, 3.63) is 0 Å². The van der Waals surface area contributed by atoms with Crippen molar-refractivity contribution in [1.29, 1.82) is 0 Å². The Balaban J connectivity index is 1.26. The fourth-order valence-electron chi connectivity index (χ4n) is 3.48. The van der Waals surface area contributed by atoms with Crippen LogP contribution < -0.4 is 5.32 Å². The zero-order valence-corrected chi connectivity index (χ0v) is 12.4. The number of piperidine rings is 2. The highest BCUT2D eigenvalue weighted by atomic mass is 15.2. The number of likely N-dealkylation sites (tertiary alicyclic amines) is 2. The standard InChI is InChI=1S/C16H31N3/c1-2-8-18(9-3-1)12-13-19-10-6-16(7-11-19)17-14-15-4-5-15/h15-17H,1-14H2. The van der Waals surface area contributed by atoms with E-state index in [1.807, 2.05) is 0 Å². The largest absolute Gasteiger partial charge is 0.314 e. The van der Waals surface area contributed by atoms with E-state index in [1.54, 1.807) is 0 Å². The quantitative estimate of drug-likeness (QED) is 0.792. The third-order valence-electron chi connectivity index (χ3n) is 5.16. The van der Waals surface area contributed by atoms with E-state index in [2.05, 4.69) is 15.1 Å². The molecule has 0 amide bonds. The number of hydrogen-bond donors (Lipinski definition) is 1. The maximum absolute atomic E-state index is 3.77. The van der Waals surface area contributed by atoms with Crippen LogP contribution in [0.3, 0.4) is 0 Å².